The number of allylic oxidation sites excluding steroid dienone is 1. The summed E-state index contributed by atoms with van der Waals surface area (Å²) in [6.07, 6.45) is 1.89. The van der Waals surface area contributed by atoms with Crippen LogP contribution in [0.3, 0.4) is 0 Å². The van der Waals surface area contributed by atoms with Crippen LogP contribution in [0.1, 0.15) is 16.7 Å². The molecule has 0 heterocycles. The predicted molar refractivity (Wildman–Crippen MR) is 122 cm³/mol. The maximum absolute atomic E-state index is 9.77. The Kier molecular flexibility index (Phi) is 5.74. The van der Waals surface area contributed by atoms with Gasteiger partial charge >= 0.3 is 0 Å². The van der Waals surface area contributed by atoms with Gasteiger partial charge in [-0.3, -0.25) is 0 Å². The van der Waals surface area contributed by atoms with Gasteiger partial charge in [-0.05, 0) is 52.2 Å². The molecule has 0 N–H and O–H groups in total. The summed E-state index contributed by atoms with van der Waals surface area (Å²) in [6, 6.07) is 32.4. The van der Waals surface area contributed by atoms with Gasteiger partial charge in [0.15, 0.2) is 0 Å². The van der Waals surface area contributed by atoms with E-state index < -0.39 is 0 Å². The summed E-state index contributed by atoms with van der Waals surface area (Å²) in [4.78, 5) is 0. The number of hydrogen-bond donors (Lipinski definition) is 0. The molecule has 0 radical (unpaired) electrons. The molecule has 0 saturated carbocycles. The van der Waals surface area contributed by atoms with Crippen LogP contribution in [0.2, 0.25) is 0 Å². The topological polar surface area (TPSA) is 33.0 Å². The molecule has 29 heavy (non-hydrogen) atoms. The van der Waals surface area contributed by atoms with Crippen LogP contribution in [0, 0.1) is 11.3 Å². The van der Waals surface area contributed by atoms with E-state index >= 15 is 0 Å². The summed E-state index contributed by atoms with van der Waals surface area (Å²) in [5, 5.41) is 12.0. The molecule has 0 aliphatic rings. The van der Waals surface area contributed by atoms with E-state index in [2.05, 4.69) is 40.2 Å². The summed E-state index contributed by atoms with van der Waals surface area (Å²) in [5.41, 5.74) is 3.47. The molecule has 0 amide bonds. The Hall–Kier alpha value is -3.35. The fourth-order valence-corrected chi connectivity index (χ4v) is 3.43. The van der Waals surface area contributed by atoms with Crippen LogP contribution in [0.4, 0.5) is 0 Å². The lowest BCUT2D eigenvalue weighted by Gasteiger charge is -2.10. The molecule has 0 saturated heterocycles. The Balaban J connectivity index is 1.63. The molecular weight excluding hydrogens is 422 g/mol. The molecule has 4 aromatic carbocycles. The zero-order valence-corrected chi connectivity index (χ0v) is 17.3. The number of halogens is 1. The lowest BCUT2D eigenvalue weighted by molar-refractivity contribution is 0.305. The molecule has 0 aliphatic heterocycles. The molecule has 3 heteroatoms. The van der Waals surface area contributed by atoms with E-state index in [0.717, 1.165) is 37.7 Å². The summed E-state index contributed by atoms with van der Waals surface area (Å²) in [7, 11) is 0. The number of nitrogens with zero attached hydrogens (tertiary/aromatic N) is 1. The van der Waals surface area contributed by atoms with Gasteiger partial charge in [-0.1, -0.05) is 82.7 Å². The van der Waals surface area contributed by atoms with Crippen molar-refractivity contribution >= 4 is 38.4 Å². The first kappa shape index (κ1) is 19.0. The van der Waals surface area contributed by atoms with Crippen LogP contribution in [0.15, 0.2) is 95.5 Å². The van der Waals surface area contributed by atoms with Gasteiger partial charge < -0.3 is 4.74 Å². The maximum Gasteiger partial charge on any atom is 0.127 e. The molecule has 0 spiro atoms. The molecule has 0 aromatic heterocycles. The quantitative estimate of drug-likeness (QED) is 0.242. The molecule has 140 valence electrons. The number of benzene rings is 4. The molecule has 0 fully saturated rings. The van der Waals surface area contributed by atoms with Crippen molar-refractivity contribution in [2.24, 2.45) is 0 Å². The molecule has 4 rings (SSSR count). The van der Waals surface area contributed by atoms with E-state index in [1.165, 1.54) is 0 Å². The predicted octanol–water partition coefficient (Wildman–Crippen LogP) is 7.25. The Morgan fingerprint density at radius 1 is 0.862 bits per heavy atom. The lowest BCUT2D eigenvalue weighted by atomic mass is 10.00. The molecular formula is C26H18BrNO. The van der Waals surface area contributed by atoms with Crippen molar-refractivity contribution in [3.63, 3.8) is 0 Å². The Morgan fingerprint density at radius 2 is 1.59 bits per heavy atom. The monoisotopic (exact) mass is 439 g/mol. The second-order valence-electron chi connectivity index (χ2n) is 6.68. The number of fused-ring (bicyclic) bond motifs is 1. The smallest absolute Gasteiger partial charge is 0.127 e. The van der Waals surface area contributed by atoms with Gasteiger partial charge in [0.25, 0.3) is 0 Å². The molecule has 0 unspecified atom stereocenters. The Morgan fingerprint density at radius 3 is 2.38 bits per heavy atom. The number of nitriles is 1. The van der Waals surface area contributed by atoms with Crippen molar-refractivity contribution in [2.75, 3.05) is 0 Å². The first-order valence-electron chi connectivity index (χ1n) is 9.30. The van der Waals surface area contributed by atoms with Gasteiger partial charge in [0, 0.05) is 10.0 Å². The minimum Gasteiger partial charge on any atom is -0.488 e. The van der Waals surface area contributed by atoms with Crippen molar-refractivity contribution in [3.05, 3.63) is 112 Å². The van der Waals surface area contributed by atoms with Crippen LogP contribution in [0.5, 0.6) is 5.75 Å². The lowest BCUT2D eigenvalue weighted by Crippen LogP contribution is -1.97. The van der Waals surface area contributed by atoms with E-state index in [1.54, 1.807) is 0 Å². The van der Waals surface area contributed by atoms with Crippen LogP contribution in [0.25, 0.3) is 22.4 Å². The van der Waals surface area contributed by atoms with Crippen LogP contribution in [-0.2, 0) is 6.61 Å². The maximum atomic E-state index is 9.77. The third-order valence-electron chi connectivity index (χ3n) is 4.71. The zero-order valence-electron chi connectivity index (χ0n) is 15.7. The summed E-state index contributed by atoms with van der Waals surface area (Å²) < 4.78 is 7.09. The molecule has 4 aromatic rings. The third kappa shape index (κ3) is 4.56. The fraction of sp³-hybridized carbons (Fsp3) is 0.0385. The third-order valence-corrected chi connectivity index (χ3v) is 5.24. The van der Waals surface area contributed by atoms with E-state index in [1.807, 2.05) is 78.9 Å². The highest BCUT2D eigenvalue weighted by Crippen LogP contribution is 2.27. The first-order valence-corrected chi connectivity index (χ1v) is 10.1. The number of para-hydroxylation sites is 1. The van der Waals surface area contributed by atoms with Gasteiger partial charge in [0.2, 0.25) is 0 Å². The standard InChI is InChI=1S/C26H18BrNO/c27-25-13-9-19(10-14-25)18-29-26-8-4-3-7-23(26)16-24(17-28)22-12-11-20-5-1-2-6-21(20)15-22/h1-16H,18H2/b24-16-. The number of hydrogen-bond acceptors (Lipinski definition) is 2. The highest BCUT2D eigenvalue weighted by molar-refractivity contribution is 9.10. The average molecular weight is 440 g/mol. The van der Waals surface area contributed by atoms with Gasteiger partial charge in [0.1, 0.15) is 12.4 Å². The highest BCUT2D eigenvalue weighted by atomic mass is 79.9. The number of ether oxygens (including phenoxy) is 1. The molecule has 0 atom stereocenters. The second-order valence-corrected chi connectivity index (χ2v) is 7.60. The van der Waals surface area contributed by atoms with Crippen LogP contribution in [-0.4, -0.2) is 0 Å². The van der Waals surface area contributed by atoms with E-state index in [9.17, 15) is 5.26 Å². The van der Waals surface area contributed by atoms with Crippen molar-refractivity contribution in [1.82, 2.24) is 0 Å². The zero-order chi connectivity index (χ0) is 20.1. The average Bonchev–Trinajstić information content (AvgIpc) is 2.77. The van der Waals surface area contributed by atoms with Crippen LogP contribution < -0.4 is 4.74 Å². The molecule has 0 bridgehead atoms. The van der Waals surface area contributed by atoms with Gasteiger partial charge in [-0.15, -0.1) is 0 Å². The summed E-state index contributed by atoms with van der Waals surface area (Å²) in [6.45, 7) is 0.468. The molecule has 2 nitrogen and oxygen atoms in total. The minimum absolute atomic E-state index is 0.468. The summed E-state index contributed by atoms with van der Waals surface area (Å²) in [5.74, 6) is 0.754. The first-order chi connectivity index (χ1) is 14.2. The van der Waals surface area contributed by atoms with Gasteiger partial charge in [0.05, 0.1) is 11.6 Å². The SMILES string of the molecule is N#C/C(=C/c1ccccc1OCc1ccc(Br)cc1)c1ccc2ccccc2c1. The van der Waals surface area contributed by atoms with E-state index in [4.69, 9.17) is 4.74 Å². The molecule has 0 aliphatic carbocycles. The van der Waals surface area contributed by atoms with Crippen molar-refractivity contribution < 1.29 is 4.74 Å². The van der Waals surface area contributed by atoms with Gasteiger partial charge in [-0.25, -0.2) is 0 Å². The fourth-order valence-electron chi connectivity index (χ4n) is 3.17. The van der Waals surface area contributed by atoms with Crippen LogP contribution >= 0.6 is 15.9 Å². The van der Waals surface area contributed by atoms with Crippen molar-refractivity contribution in [3.8, 4) is 11.8 Å². The van der Waals surface area contributed by atoms with Crippen molar-refractivity contribution in [2.45, 2.75) is 6.61 Å². The van der Waals surface area contributed by atoms with Crippen molar-refractivity contribution in [1.29, 1.82) is 5.26 Å². The van der Waals surface area contributed by atoms with E-state index in [0.29, 0.717) is 12.2 Å². The Labute approximate surface area is 178 Å². The minimum atomic E-state index is 0.468. The van der Waals surface area contributed by atoms with E-state index in [-0.39, 0.29) is 0 Å². The largest absolute Gasteiger partial charge is 0.488 e. The summed E-state index contributed by atoms with van der Waals surface area (Å²) >= 11 is 3.45. The highest BCUT2D eigenvalue weighted by Gasteiger charge is 2.07. The number of rotatable bonds is 5. The van der Waals surface area contributed by atoms with Gasteiger partial charge in [-0.2, -0.15) is 5.26 Å². The Bertz CT molecular complexity index is 1220. The second kappa shape index (κ2) is 8.77. The normalized spacial score (nSPS) is 11.2.